The van der Waals surface area contributed by atoms with E-state index < -0.39 is 8.07 Å². The molecule has 0 saturated heterocycles. The van der Waals surface area contributed by atoms with E-state index in [1.54, 1.807) is 0 Å². The number of carbonyl (C=O) groups is 1. The molecule has 1 atom stereocenters. The Balaban J connectivity index is 2.34. The van der Waals surface area contributed by atoms with Gasteiger partial charge >= 0.3 is 5.97 Å². The molecular weight excluding hydrogens is 256 g/mol. The lowest BCUT2D eigenvalue weighted by Gasteiger charge is -2.25. The summed E-state index contributed by atoms with van der Waals surface area (Å²) < 4.78 is 11.1. The third kappa shape index (κ3) is 2.58. The lowest BCUT2D eigenvalue weighted by molar-refractivity contribution is -0.142. The number of rotatable bonds is 4. The Kier molecular flexibility index (Phi) is 3.80. The van der Waals surface area contributed by atoms with Gasteiger partial charge in [-0.1, -0.05) is 38.2 Å². The van der Waals surface area contributed by atoms with Gasteiger partial charge in [-0.05, 0) is 19.1 Å². The van der Waals surface area contributed by atoms with E-state index in [-0.39, 0.29) is 11.5 Å². The number of carbonyl (C=O) groups excluding carboxylic acids is 1. The second-order valence-electron chi connectivity index (χ2n) is 5.34. The quantitative estimate of drug-likeness (QED) is 0.635. The van der Waals surface area contributed by atoms with E-state index in [1.807, 2.05) is 38.1 Å². The number of benzene rings is 1. The van der Waals surface area contributed by atoms with Crippen molar-refractivity contribution in [3.8, 4) is 0 Å². The minimum Gasteiger partial charge on any atom is -0.466 e. The van der Waals surface area contributed by atoms with Gasteiger partial charge in [0.15, 0.2) is 0 Å². The van der Waals surface area contributed by atoms with Crippen molar-refractivity contribution in [3.05, 3.63) is 30.3 Å². The molecule has 0 amide bonds. The molecule has 0 N–H and O–H groups in total. The fourth-order valence-corrected chi connectivity index (χ4v) is 4.07. The fourth-order valence-electron chi connectivity index (χ4n) is 2.07. The van der Waals surface area contributed by atoms with Gasteiger partial charge in [-0.2, -0.15) is 0 Å². The van der Waals surface area contributed by atoms with Crippen molar-refractivity contribution in [1.82, 2.24) is 0 Å². The van der Waals surface area contributed by atoms with E-state index in [0.717, 1.165) is 16.4 Å². The molecule has 0 unspecified atom stereocenters. The van der Waals surface area contributed by atoms with Gasteiger partial charge in [-0.15, -0.1) is 0 Å². The van der Waals surface area contributed by atoms with Crippen molar-refractivity contribution in [3.63, 3.8) is 0 Å². The highest BCUT2D eigenvalue weighted by Crippen LogP contribution is 2.25. The third-order valence-corrected chi connectivity index (χ3v) is 7.70. The van der Waals surface area contributed by atoms with Crippen LogP contribution in [0.15, 0.2) is 34.7 Å². The van der Waals surface area contributed by atoms with Crippen molar-refractivity contribution in [2.75, 3.05) is 6.61 Å². The number of para-hydroxylation sites is 1. The number of hydrogen-bond acceptors (Lipinski definition) is 3. The third-order valence-electron chi connectivity index (χ3n) is 3.78. The highest BCUT2D eigenvalue weighted by Gasteiger charge is 2.39. The minimum atomic E-state index is -2.01. The molecule has 1 aromatic carbocycles. The van der Waals surface area contributed by atoms with Crippen LogP contribution >= 0.6 is 0 Å². The van der Waals surface area contributed by atoms with Crippen molar-refractivity contribution in [2.45, 2.75) is 32.5 Å². The van der Waals surface area contributed by atoms with Gasteiger partial charge in [-0.3, -0.25) is 4.79 Å². The van der Waals surface area contributed by atoms with Crippen molar-refractivity contribution in [1.29, 1.82) is 0 Å². The molecule has 0 aliphatic rings. The van der Waals surface area contributed by atoms with Gasteiger partial charge in [0.25, 0.3) is 0 Å². The summed E-state index contributed by atoms with van der Waals surface area (Å²) in [6.45, 7) is 8.49. The first kappa shape index (κ1) is 13.9. The summed E-state index contributed by atoms with van der Waals surface area (Å²) in [5, 5.41) is 2.04. The second kappa shape index (κ2) is 5.21. The van der Waals surface area contributed by atoms with E-state index in [9.17, 15) is 4.79 Å². The van der Waals surface area contributed by atoms with Crippen LogP contribution in [-0.2, 0) is 9.53 Å². The van der Waals surface area contributed by atoms with Gasteiger partial charge < -0.3 is 9.15 Å². The molecule has 19 heavy (non-hydrogen) atoms. The van der Waals surface area contributed by atoms with Crippen LogP contribution in [0, 0.1) is 0 Å². The topological polar surface area (TPSA) is 39.4 Å². The number of hydrogen-bond donors (Lipinski definition) is 0. The Morgan fingerprint density at radius 2 is 2.05 bits per heavy atom. The zero-order valence-corrected chi connectivity index (χ0v) is 12.9. The highest BCUT2D eigenvalue weighted by molar-refractivity contribution is 6.92. The molecule has 2 aromatic rings. The lowest BCUT2D eigenvalue weighted by atomic mass is 10.3. The first-order valence-corrected chi connectivity index (χ1v) is 9.70. The Bertz CT molecular complexity index is 553. The number of fused-ring (bicyclic) bond motifs is 1. The van der Waals surface area contributed by atoms with Gasteiger partial charge in [0.1, 0.15) is 13.7 Å². The molecule has 102 valence electrons. The monoisotopic (exact) mass is 276 g/mol. The molecule has 0 aliphatic carbocycles. The van der Waals surface area contributed by atoms with E-state index in [4.69, 9.17) is 9.15 Å². The van der Waals surface area contributed by atoms with Crippen molar-refractivity contribution in [2.24, 2.45) is 0 Å². The predicted octanol–water partition coefficient (Wildman–Crippen LogP) is 3.30. The summed E-state index contributed by atoms with van der Waals surface area (Å²) in [6, 6.07) is 10.0. The van der Waals surface area contributed by atoms with E-state index in [2.05, 4.69) is 19.2 Å². The molecule has 0 radical (unpaired) electrons. The maximum atomic E-state index is 11.9. The van der Waals surface area contributed by atoms with Crippen LogP contribution in [0.4, 0.5) is 0 Å². The standard InChI is InChI=1S/C15H20O3Si/c1-5-17-15(16)11(2)19(3,4)14-10-12-8-6-7-9-13(12)18-14/h6-11H,5H2,1-4H3/t11-/m0/s1. The molecule has 1 aromatic heterocycles. The summed E-state index contributed by atoms with van der Waals surface area (Å²) in [5.74, 6) is -0.125. The van der Waals surface area contributed by atoms with Crippen LogP contribution in [0.2, 0.25) is 18.6 Å². The smallest absolute Gasteiger partial charge is 0.306 e. The molecule has 3 nitrogen and oxygen atoms in total. The predicted molar refractivity (Wildman–Crippen MR) is 79.4 cm³/mol. The van der Waals surface area contributed by atoms with Crippen LogP contribution in [-0.4, -0.2) is 20.7 Å². The molecule has 0 spiro atoms. The largest absolute Gasteiger partial charge is 0.466 e. The molecule has 0 fully saturated rings. The number of ether oxygens (including phenoxy) is 1. The van der Waals surface area contributed by atoms with Gasteiger partial charge in [0.05, 0.1) is 17.5 Å². The maximum absolute atomic E-state index is 11.9. The summed E-state index contributed by atoms with van der Waals surface area (Å²) >= 11 is 0. The number of furan rings is 1. The van der Waals surface area contributed by atoms with Crippen LogP contribution in [0.3, 0.4) is 0 Å². The zero-order valence-electron chi connectivity index (χ0n) is 11.9. The Morgan fingerprint density at radius 1 is 1.37 bits per heavy atom. The van der Waals surface area contributed by atoms with Crippen LogP contribution in [0.1, 0.15) is 13.8 Å². The average molecular weight is 276 g/mol. The Hall–Kier alpha value is -1.55. The van der Waals surface area contributed by atoms with Crippen molar-refractivity contribution >= 4 is 30.4 Å². The summed E-state index contributed by atoms with van der Waals surface area (Å²) in [7, 11) is -2.01. The maximum Gasteiger partial charge on any atom is 0.306 e. The first-order valence-electron chi connectivity index (χ1n) is 6.62. The average Bonchev–Trinajstić information content (AvgIpc) is 2.82. The van der Waals surface area contributed by atoms with Crippen LogP contribution in [0.25, 0.3) is 11.0 Å². The lowest BCUT2D eigenvalue weighted by Crippen LogP contribution is -2.47. The normalized spacial score (nSPS) is 13.5. The minimum absolute atomic E-state index is 0.118. The molecular formula is C15H20O3Si. The summed E-state index contributed by atoms with van der Waals surface area (Å²) in [4.78, 5) is 11.9. The molecule has 1 heterocycles. The van der Waals surface area contributed by atoms with Crippen LogP contribution < -0.4 is 5.38 Å². The van der Waals surface area contributed by atoms with Gasteiger partial charge in [-0.25, -0.2) is 0 Å². The van der Waals surface area contributed by atoms with Crippen molar-refractivity contribution < 1.29 is 13.9 Å². The van der Waals surface area contributed by atoms with Gasteiger partial charge in [0, 0.05) is 5.39 Å². The first-order chi connectivity index (χ1) is 8.96. The second-order valence-corrected chi connectivity index (χ2v) is 10.1. The summed E-state index contributed by atoms with van der Waals surface area (Å²) in [6.07, 6.45) is 0. The van der Waals surface area contributed by atoms with Crippen LogP contribution in [0.5, 0.6) is 0 Å². The SMILES string of the molecule is CCOC(=O)[C@H](C)[Si](C)(C)c1cc2ccccc2o1. The molecule has 4 heteroatoms. The highest BCUT2D eigenvalue weighted by atomic mass is 28.3. The molecule has 2 rings (SSSR count). The molecule has 0 aliphatic heterocycles. The summed E-state index contributed by atoms with van der Waals surface area (Å²) in [5.41, 5.74) is 0.766. The zero-order chi connectivity index (χ0) is 14.0. The molecule has 0 saturated carbocycles. The van der Waals surface area contributed by atoms with Gasteiger partial charge in [0.2, 0.25) is 0 Å². The fraction of sp³-hybridized carbons (Fsp3) is 0.400. The number of esters is 1. The van der Waals surface area contributed by atoms with E-state index in [1.165, 1.54) is 0 Å². The molecule has 0 bridgehead atoms. The Morgan fingerprint density at radius 3 is 2.68 bits per heavy atom. The van der Waals surface area contributed by atoms with E-state index in [0.29, 0.717) is 6.61 Å². The Labute approximate surface area is 114 Å². The van der Waals surface area contributed by atoms with E-state index >= 15 is 0 Å².